The highest BCUT2D eigenvalue weighted by Gasteiger charge is 2.49. The van der Waals surface area contributed by atoms with Gasteiger partial charge in [-0.25, -0.2) is 8.42 Å². The maximum atomic E-state index is 13.0. The average molecular weight is 328 g/mol. The minimum absolute atomic E-state index is 0.0588. The molecule has 0 aliphatic carbocycles. The van der Waals surface area contributed by atoms with Gasteiger partial charge in [0, 0.05) is 19.1 Å². The van der Waals surface area contributed by atoms with E-state index in [0.717, 1.165) is 15.6 Å². The van der Waals surface area contributed by atoms with Gasteiger partial charge in [-0.2, -0.15) is 17.5 Å². The molecule has 2 rings (SSSR count). The van der Waals surface area contributed by atoms with Crippen LogP contribution in [0.2, 0.25) is 0 Å². The molecule has 1 aliphatic rings. The Hall–Kier alpha value is -0.640. The molecule has 1 aromatic heterocycles. The number of halogens is 3. The molecule has 2 unspecified atom stereocenters. The predicted octanol–water partition coefficient (Wildman–Crippen LogP) is 2.00. The second-order valence-electron chi connectivity index (χ2n) is 4.83. The topological polar surface area (TPSA) is 40.6 Å². The smallest absolute Gasteiger partial charge is 0.290 e. The maximum absolute atomic E-state index is 13.0. The van der Waals surface area contributed by atoms with Gasteiger partial charge in [0.05, 0.1) is 0 Å². The minimum atomic E-state index is -4.45. The van der Waals surface area contributed by atoms with E-state index in [0.29, 0.717) is 0 Å². The van der Waals surface area contributed by atoms with Crippen LogP contribution < -0.4 is 0 Å². The van der Waals surface area contributed by atoms with E-state index in [-0.39, 0.29) is 10.8 Å². The van der Waals surface area contributed by atoms with Crippen LogP contribution in [-0.4, -0.2) is 56.0 Å². The van der Waals surface area contributed by atoms with Gasteiger partial charge in [0.25, 0.3) is 10.0 Å². The third kappa shape index (κ3) is 2.85. The highest BCUT2D eigenvalue weighted by molar-refractivity contribution is 7.91. The average Bonchev–Trinajstić information content (AvgIpc) is 2.84. The summed E-state index contributed by atoms with van der Waals surface area (Å²) in [7, 11) is -2.47. The quantitative estimate of drug-likeness (QED) is 0.834. The van der Waals surface area contributed by atoms with Gasteiger partial charge in [-0.15, -0.1) is 11.3 Å². The largest absolute Gasteiger partial charge is 0.405 e. The van der Waals surface area contributed by atoms with Crippen molar-refractivity contribution in [3.05, 3.63) is 17.5 Å². The molecular weight excluding hydrogens is 313 g/mol. The Morgan fingerprint density at radius 2 is 2.00 bits per heavy atom. The lowest BCUT2D eigenvalue weighted by Crippen LogP contribution is -2.62. The van der Waals surface area contributed by atoms with Crippen molar-refractivity contribution < 1.29 is 21.6 Å². The number of piperazine rings is 1. The number of likely N-dealkylation sites (N-methyl/N-ethyl adjacent to an activating group) is 1. The summed E-state index contributed by atoms with van der Waals surface area (Å²) in [6, 6.07) is 0.704. The summed E-state index contributed by atoms with van der Waals surface area (Å²) in [5, 5.41) is 1.59. The van der Waals surface area contributed by atoms with Crippen LogP contribution in [0.5, 0.6) is 0 Å². The Morgan fingerprint density at radius 1 is 1.35 bits per heavy atom. The summed E-state index contributed by atoms with van der Waals surface area (Å²) in [5.74, 6) is 0. The van der Waals surface area contributed by atoms with Crippen LogP contribution in [0, 0.1) is 0 Å². The van der Waals surface area contributed by atoms with E-state index < -0.39 is 34.8 Å². The zero-order chi connectivity index (χ0) is 15.1. The van der Waals surface area contributed by atoms with Crippen LogP contribution >= 0.6 is 11.3 Å². The molecule has 0 N–H and O–H groups in total. The predicted molar refractivity (Wildman–Crippen MR) is 70.1 cm³/mol. The number of hydrogen-bond acceptors (Lipinski definition) is 4. The van der Waals surface area contributed by atoms with E-state index >= 15 is 0 Å². The molecule has 9 heteroatoms. The first-order valence-electron chi connectivity index (χ1n) is 5.96. The Balaban J connectivity index is 2.31. The number of sulfonamides is 1. The molecule has 2 heterocycles. The normalized spacial score (nSPS) is 26.9. The molecule has 20 heavy (non-hydrogen) atoms. The molecule has 0 saturated carbocycles. The fraction of sp³-hybridized carbons (Fsp3) is 0.636. The number of hydrogen-bond donors (Lipinski definition) is 0. The van der Waals surface area contributed by atoms with Gasteiger partial charge < -0.3 is 0 Å². The molecule has 114 valence electrons. The Labute approximate surface area is 119 Å². The van der Waals surface area contributed by atoms with Gasteiger partial charge in [0.2, 0.25) is 0 Å². The van der Waals surface area contributed by atoms with Crippen molar-refractivity contribution in [1.29, 1.82) is 0 Å². The third-order valence-corrected chi connectivity index (χ3v) is 6.70. The van der Waals surface area contributed by atoms with Gasteiger partial charge in [-0.05, 0) is 25.4 Å². The summed E-state index contributed by atoms with van der Waals surface area (Å²) in [4.78, 5) is 1.18. The van der Waals surface area contributed by atoms with Crippen LogP contribution in [0.15, 0.2) is 21.7 Å². The van der Waals surface area contributed by atoms with Crippen molar-refractivity contribution >= 4 is 21.4 Å². The summed E-state index contributed by atoms with van der Waals surface area (Å²) in [5.41, 5.74) is 0. The number of rotatable bonds is 2. The standard InChI is InChI=1S/C11H15F3N2O2S2/c1-8-6-16(7-9(15(8)2)11(12,13)14)20(17,18)10-4-3-5-19-10/h3-5,8-9H,6-7H2,1-2H3. The molecule has 1 aliphatic heterocycles. The van der Waals surface area contributed by atoms with E-state index in [2.05, 4.69) is 0 Å². The van der Waals surface area contributed by atoms with E-state index in [1.165, 1.54) is 18.0 Å². The zero-order valence-electron chi connectivity index (χ0n) is 11.0. The van der Waals surface area contributed by atoms with Crippen molar-refractivity contribution in [2.75, 3.05) is 20.1 Å². The van der Waals surface area contributed by atoms with Gasteiger partial charge in [-0.1, -0.05) is 6.07 Å². The highest BCUT2D eigenvalue weighted by atomic mass is 32.2. The van der Waals surface area contributed by atoms with Crippen LogP contribution in [-0.2, 0) is 10.0 Å². The number of nitrogens with zero attached hydrogens (tertiary/aromatic N) is 2. The Bertz CT molecular complexity index is 557. The highest BCUT2D eigenvalue weighted by Crippen LogP contribution is 2.32. The molecular formula is C11H15F3N2O2S2. The molecule has 0 radical (unpaired) electrons. The molecule has 0 amide bonds. The van der Waals surface area contributed by atoms with Crippen LogP contribution in [0.4, 0.5) is 13.2 Å². The molecule has 0 aromatic carbocycles. The SMILES string of the molecule is CC1CN(S(=O)(=O)c2cccs2)CC(C(F)(F)F)N1C. The first kappa shape index (κ1) is 15.7. The molecule has 0 spiro atoms. The number of alkyl halides is 3. The minimum Gasteiger partial charge on any atom is -0.290 e. The Morgan fingerprint density at radius 3 is 2.50 bits per heavy atom. The summed E-state index contributed by atoms with van der Waals surface area (Å²) < 4.78 is 64.7. The lowest BCUT2D eigenvalue weighted by atomic mass is 10.1. The van der Waals surface area contributed by atoms with Gasteiger partial charge >= 0.3 is 6.18 Å². The Kier molecular flexibility index (Phi) is 4.16. The van der Waals surface area contributed by atoms with Crippen molar-refractivity contribution in [2.45, 2.75) is 29.4 Å². The zero-order valence-corrected chi connectivity index (χ0v) is 12.6. The first-order valence-corrected chi connectivity index (χ1v) is 8.28. The second kappa shape index (κ2) is 5.28. The maximum Gasteiger partial charge on any atom is 0.405 e. The fourth-order valence-electron chi connectivity index (χ4n) is 2.20. The van der Waals surface area contributed by atoms with E-state index in [9.17, 15) is 21.6 Å². The summed E-state index contributed by atoms with van der Waals surface area (Å²) in [6.45, 7) is 1.09. The van der Waals surface area contributed by atoms with Crippen molar-refractivity contribution in [3.63, 3.8) is 0 Å². The number of thiophene rings is 1. The van der Waals surface area contributed by atoms with Gasteiger partial charge in [0.1, 0.15) is 10.3 Å². The van der Waals surface area contributed by atoms with Crippen molar-refractivity contribution in [3.8, 4) is 0 Å². The molecule has 1 fully saturated rings. The molecule has 2 atom stereocenters. The van der Waals surface area contributed by atoms with Crippen LogP contribution in [0.25, 0.3) is 0 Å². The van der Waals surface area contributed by atoms with Crippen LogP contribution in [0.3, 0.4) is 0 Å². The van der Waals surface area contributed by atoms with E-state index in [1.807, 2.05) is 0 Å². The lowest BCUT2D eigenvalue weighted by Gasteiger charge is -2.43. The summed E-state index contributed by atoms with van der Waals surface area (Å²) in [6.07, 6.45) is -4.45. The van der Waals surface area contributed by atoms with E-state index in [4.69, 9.17) is 0 Å². The lowest BCUT2D eigenvalue weighted by molar-refractivity contribution is -0.194. The molecule has 1 saturated heterocycles. The van der Waals surface area contributed by atoms with Crippen LogP contribution in [0.1, 0.15) is 6.92 Å². The van der Waals surface area contributed by atoms with Crippen molar-refractivity contribution in [1.82, 2.24) is 9.21 Å². The first-order chi connectivity index (χ1) is 9.14. The molecule has 4 nitrogen and oxygen atoms in total. The molecule has 0 bridgehead atoms. The van der Waals surface area contributed by atoms with E-state index in [1.54, 1.807) is 18.4 Å². The fourth-order valence-corrected chi connectivity index (χ4v) is 4.87. The summed E-state index contributed by atoms with van der Waals surface area (Å²) >= 11 is 1.01. The molecule has 1 aromatic rings. The van der Waals surface area contributed by atoms with Gasteiger partial charge in [0.15, 0.2) is 0 Å². The van der Waals surface area contributed by atoms with Crippen molar-refractivity contribution in [2.24, 2.45) is 0 Å². The van der Waals surface area contributed by atoms with Gasteiger partial charge in [-0.3, -0.25) is 4.90 Å². The second-order valence-corrected chi connectivity index (χ2v) is 7.94. The monoisotopic (exact) mass is 328 g/mol. The third-order valence-electron chi connectivity index (χ3n) is 3.50.